The molecular formula is C6H12CaO7Sr. The minimum absolute atomic E-state index is 0. The number of carboxylic acid groups (broad SMARTS) is 3. The zero-order valence-corrected chi connectivity index (χ0v) is 6.43. The van der Waals surface area contributed by atoms with Gasteiger partial charge in [0.05, 0.1) is 12.8 Å². The van der Waals surface area contributed by atoms with Crippen LogP contribution in [0.5, 0.6) is 0 Å². The first-order chi connectivity index (χ1) is 5.78. The average molecular weight is 324 g/mol. The Morgan fingerprint density at radius 3 is 1.33 bits per heavy atom. The van der Waals surface area contributed by atoms with E-state index in [1.165, 1.54) is 0 Å². The second-order valence-electron chi connectivity index (χ2n) is 2.48. The number of rotatable bonds is 5. The van der Waals surface area contributed by atoms with Crippen molar-refractivity contribution in [3.05, 3.63) is 0 Å². The van der Waals surface area contributed by atoms with Gasteiger partial charge in [0, 0.05) is 0 Å². The van der Waals surface area contributed by atoms with Crippen LogP contribution in [0.25, 0.3) is 0 Å². The van der Waals surface area contributed by atoms with E-state index in [-0.39, 0.29) is 83.2 Å². The summed E-state index contributed by atoms with van der Waals surface area (Å²) < 4.78 is 0. The van der Waals surface area contributed by atoms with E-state index in [1.807, 2.05) is 0 Å². The molecule has 0 aromatic heterocycles. The second kappa shape index (κ2) is 9.17. The number of carbonyl (C=O) groups is 3. The Bertz CT molecular complexity index is 238. The molecule has 0 spiro atoms. The summed E-state index contributed by atoms with van der Waals surface area (Å²) in [5, 5.41) is 33.8. The number of aliphatic hydroxyl groups is 1. The fourth-order valence-corrected chi connectivity index (χ4v) is 0.714. The zero-order chi connectivity index (χ0) is 10.6. The molecule has 82 valence electrons. The summed E-state index contributed by atoms with van der Waals surface area (Å²) in [6, 6.07) is 0. The molecule has 0 saturated heterocycles. The van der Waals surface area contributed by atoms with Crippen LogP contribution in [0.1, 0.15) is 12.8 Å². The Balaban J connectivity index is -0.000000720. The second-order valence-corrected chi connectivity index (χ2v) is 2.48. The van der Waals surface area contributed by atoms with Gasteiger partial charge in [-0.2, -0.15) is 0 Å². The molecule has 4 N–H and O–H groups in total. The van der Waals surface area contributed by atoms with Crippen LogP contribution in [0.3, 0.4) is 0 Å². The maximum atomic E-state index is 10.3. The molecule has 0 saturated carbocycles. The molecule has 0 aliphatic carbocycles. The Kier molecular flexibility index (Phi) is 13.1. The van der Waals surface area contributed by atoms with Crippen molar-refractivity contribution in [1.82, 2.24) is 0 Å². The zero-order valence-electron chi connectivity index (χ0n) is 6.43. The number of aliphatic carboxylic acids is 3. The monoisotopic (exact) mass is 324 g/mol. The van der Waals surface area contributed by atoms with Crippen LogP contribution in [-0.4, -0.2) is 127 Å². The van der Waals surface area contributed by atoms with E-state index in [9.17, 15) is 14.4 Å². The van der Waals surface area contributed by atoms with Gasteiger partial charge in [-0.3, -0.25) is 9.59 Å². The first-order valence-electron chi connectivity index (χ1n) is 3.17. The number of hydrogen-bond acceptors (Lipinski definition) is 4. The molecule has 0 aromatic rings. The van der Waals surface area contributed by atoms with E-state index in [0.29, 0.717) is 0 Å². The maximum absolute atomic E-state index is 10.3. The molecule has 0 aromatic carbocycles. The van der Waals surface area contributed by atoms with Gasteiger partial charge in [-0.1, -0.05) is 0 Å². The summed E-state index contributed by atoms with van der Waals surface area (Å²) in [5.74, 6) is -5.02. The predicted octanol–water partition coefficient (Wildman–Crippen LogP) is -3.08. The van der Waals surface area contributed by atoms with Crippen molar-refractivity contribution in [3.63, 3.8) is 0 Å². The van der Waals surface area contributed by atoms with Crippen molar-refractivity contribution in [2.45, 2.75) is 18.4 Å². The van der Waals surface area contributed by atoms with Gasteiger partial charge in [0.15, 0.2) is 5.60 Å². The molecule has 7 nitrogen and oxygen atoms in total. The molecule has 0 aliphatic rings. The predicted molar refractivity (Wildman–Crippen MR) is 54.2 cm³/mol. The van der Waals surface area contributed by atoms with E-state index < -0.39 is 36.4 Å². The summed E-state index contributed by atoms with van der Waals surface area (Å²) in [5.41, 5.74) is -2.74. The summed E-state index contributed by atoms with van der Waals surface area (Å²) in [6.45, 7) is 0. The quantitative estimate of drug-likeness (QED) is 0.394. The number of hydrogen-bond donors (Lipinski definition) is 4. The molecule has 0 unspecified atom stereocenters. The third kappa shape index (κ3) is 8.87. The Labute approximate surface area is 152 Å². The van der Waals surface area contributed by atoms with Crippen molar-refractivity contribution in [1.29, 1.82) is 0 Å². The van der Waals surface area contributed by atoms with Crippen molar-refractivity contribution >= 4 is 101 Å². The summed E-state index contributed by atoms with van der Waals surface area (Å²) >= 11 is 0. The van der Waals surface area contributed by atoms with Gasteiger partial charge >= 0.3 is 101 Å². The molecule has 0 fully saturated rings. The first kappa shape index (κ1) is 21.4. The Morgan fingerprint density at radius 1 is 0.933 bits per heavy atom. The van der Waals surface area contributed by atoms with Crippen LogP contribution < -0.4 is 0 Å². The van der Waals surface area contributed by atoms with E-state index in [0.717, 1.165) is 0 Å². The normalized spacial score (nSPS) is 9.40. The molecule has 0 aliphatic heterocycles. The Morgan fingerprint density at radius 2 is 1.20 bits per heavy atom. The van der Waals surface area contributed by atoms with E-state index in [2.05, 4.69) is 0 Å². The molecule has 0 amide bonds. The van der Waals surface area contributed by atoms with Gasteiger partial charge in [0.25, 0.3) is 0 Å². The van der Waals surface area contributed by atoms with Crippen LogP contribution in [0.2, 0.25) is 0 Å². The standard InChI is InChI=1S/C6H8O7.Ca.Sr.4H/c7-3(8)1-6(13,5(11)12)2-4(9)10;;;;;;/h13H,1-2H2,(H,7,8)(H,9,10)(H,11,12);;;;;;. The summed E-state index contributed by atoms with van der Waals surface area (Å²) in [6.07, 6.45) is -2.29. The third-order valence-corrected chi connectivity index (χ3v) is 1.29. The molecule has 9 heteroatoms. The van der Waals surface area contributed by atoms with Crippen molar-refractivity contribution < 1.29 is 34.8 Å². The number of carboxylic acids is 3. The third-order valence-electron chi connectivity index (χ3n) is 1.29. The van der Waals surface area contributed by atoms with Gasteiger partial charge in [-0.15, -0.1) is 0 Å². The topological polar surface area (TPSA) is 132 Å². The molecule has 0 heterocycles. The van der Waals surface area contributed by atoms with Gasteiger partial charge < -0.3 is 20.4 Å². The summed E-state index contributed by atoms with van der Waals surface area (Å²) in [4.78, 5) is 30.5. The molecule has 0 atom stereocenters. The van der Waals surface area contributed by atoms with Crippen LogP contribution in [-0.2, 0) is 14.4 Å². The molecule has 0 bridgehead atoms. The van der Waals surface area contributed by atoms with Crippen LogP contribution in [0.4, 0.5) is 0 Å². The Hall–Kier alpha value is 1.11. The van der Waals surface area contributed by atoms with Crippen molar-refractivity contribution in [2.24, 2.45) is 0 Å². The van der Waals surface area contributed by atoms with Gasteiger partial charge in [-0.25, -0.2) is 4.79 Å². The van der Waals surface area contributed by atoms with Crippen LogP contribution in [0.15, 0.2) is 0 Å². The van der Waals surface area contributed by atoms with Crippen molar-refractivity contribution in [2.75, 3.05) is 0 Å². The molecular weight excluding hydrogens is 312 g/mol. The van der Waals surface area contributed by atoms with E-state index >= 15 is 0 Å². The molecule has 0 rings (SSSR count). The average Bonchev–Trinajstić information content (AvgIpc) is 1.82. The summed E-state index contributed by atoms with van der Waals surface area (Å²) in [7, 11) is 0. The fraction of sp³-hybridized carbons (Fsp3) is 0.500. The SMILES string of the molecule is O=C(O)CC(O)(CC(=O)O)C(=O)O.[CaH2].[SrH2]. The molecule has 15 heavy (non-hydrogen) atoms. The van der Waals surface area contributed by atoms with E-state index in [1.54, 1.807) is 0 Å². The van der Waals surface area contributed by atoms with E-state index in [4.69, 9.17) is 20.4 Å². The first-order valence-corrected chi connectivity index (χ1v) is 3.17. The van der Waals surface area contributed by atoms with Crippen LogP contribution >= 0.6 is 0 Å². The molecule has 0 radical (unpaired) electrons. The van der Waals surface area contributed by atoms with Crippen molar-refractivity contribution in [3.8, 4) is 0 Å². The van der Waals surface area contributed by atoms with Crippen LogP contribution in [0, 0.1) is 0 Å². The minimum atomic E-state index is -2.74. The van der Waals surface area contributed by atoms with Gasteiger partial charge in [0.2, 0.25) is 0 Å². The van der Waals surface area contributed by atoms with Gasteiger partial charge in [-0.05, 0) is 0 Å². The fourth-order valence-electron chi connectivity index (χ4n) is 0.714. The van der Waals surface area contributed by atoms with Gasteiger partial charge in [0.1, 0.15) is 0 Å².